The number of pyridine rings is 1. The zero-order valence-corrected chi connectivity index (χ0v) is 18.1. The summed E-state index contributed by atoms with van der Waals surface area (Å²) < 4.78 is 1.89. The van der Waals surface area contributed by atoms with Gasteiger partial charge in [0.25, 0.3) is 0 Å². The molecule has 3 aromatic rings. The van der Waals surface area contributed by atoms with Crippen LogP contribution in [0.5, 0.6) is 0 Å². The third-order valence-electron chi connectivity index (χ3n) is 4.61. The van der Waals surface area contributed by atoms with Crippen LogP contribution in [0.15, 0.2) is 53.9 Å². The van der Waals surface area contributed by atoms with Gasteiger partial charge in [0.1, 0.15) is 0 Å². The van der Waals surface area contributed by atoms with Crippen molar-refractivity contribution < 1.29 is 4.79 Å². The van der Waals surface area contributed by atoms with Crippen LogP contribution in [0.2, 0.25) is 0 Å². The van der Waals surface area contributed by atoms with E-state index < -0.39 is 0 Å². The van der Waals surface area contributed by atoms with Crippen molar-refractivity contribution >= 4 is 17.7 Å². The molecule has 0 aliphatic carbocycles. The zero-order chi connectivity index (χ0) is 20.8. The number of carbonyl (C=O) groups is 1. The molecule has 0 unspecified atom stereocenters. The number of benzene rings is 1. The first kappa shape index (κ1) is 21.0. The van der Waals surface area contributed by atoms with E-state index in [0.717, 1.165) is 23.4 Å². The lowest BCUT2D eigenvalue weighted by Gasteiger charge is -2.15. The minimum absolute atomic E-state index is 0.0257. The van der Waals surface area contributed by atoms with E-state index >= 15 is 0 Å². The second-order valence-electron chi connectivity index (χ2n) is 7.52. The Hall–Kier alpha value is -2.67. The highest BCUT2D eigenvalue weighted by Crippen LogP contribution is 2.22. The molecule has 3 rings (SSSR count). The van der Waals surface area contributed by atoms with Gasteiger partial charge in [-0.3, -0.25) is 9.78 Å². The molecule has 6 nitrogen and oxygen atoms in total. The van der Waals surface area contributed by atoms with Crippen LogP contribution in [0.4, 0.5) is 0 Å². The van der Waals surface area contributed by atoms with Crippen LogP contribution in [-0.4, -0.2) is 31.4 Å². The number of amides is 1. The molecule has 0 saturated heterocycles. The van der Waals surface area contributed by atoms with Gasteiger partial charge in [0.05, 0.1) is 11.8 Å². The van der Waals surface area contributed by atoms with Crippen molar-refractivity contribution in [3.63, 3.8) is 0 Å². The van der Waals surface area contributed by atoms with Gasteiger partial charge in [-0.1, -0.05) is 49.9 Å². The minimum Gasteiger partial charge on any atom is -0.349 e. The van der Waals surface area contributed by atoms with Gasteiger partial charge < -0.3 is 9.88 Å². The average Bonchev–Trinajstić information content (AvgIpc) is 3.07. The van der Waals surface area contributed by atoms with E-state index in [1.807, 2.05) is 30.7 Å². The molecule has 1 aromatic carbocycles. The fraction of sp³-hybridized carbons (Fsp3) is 0.364. The Kier molecular flexibility index (Phi) is 7.04. The molecule has 1 N–H and O–H groups in total. The third-order valence-corrected chi connectivity index (χ3v) is 5.63. The molecule has 1 atom stereocenters. The van der Waals surface area contributed by atoms with E-state index in [0.29, 0.717) is 11.1 Å². The van der Waals surface area contributed by atoms with Crippen molar-refractivity contribution in [3.05, 3.63) is 59.9 Å². The van der Waals surface area contributed by atoms with Gasteiger partial charge in [-0.05, 0) is 42.5 Å². The number of aromatic nitrogens is 4. The molecule has 0 aliphatic rings. The van der Waals surface area contributed by atoms with Gasteiger partial charge >= 0.3 is 0 Å². The molecule has 1 amide bonds. The Morgan fingerprint density at radius 2 is 1.76 bits per heavy atom. The summed E-state index contributed by atoms with van der Waals surface area (Å²) in [6.45, 7) is 6.43. The molecule has 0 radical (unpaired) electrons. The van der Waals surface area contributed by atoms with Crippen LogP contribution in [-0.2, 0) is 18.3 Å². The summed E-state index contributed by atoms with van der Waals surface area (Å²) in [6.07, 6.45) is 4.51. The number of thioether (sulfide) groups is 1. The highest BCUT2D eigenvalue weighted by Gasteiger charge is 2.14. The highest BCUT2D eigenvalue weighted by molar-refractivity contribution is 7.99. The van der Waals surface area contributed by atoms with E-state index in [9.17, 15) is 4.79 Å². The molecule has 0 fully saturated rings. The smallest absolute Gasteiger partial charge is 0.230 e. The summed E-state index contributed by atoms with van der Waals surface area (Å²) in [6, 6.07) is 12.2. The van der Waals surface area contributed by atoms with E-state index in [1.54, 1.807) is 12.4 Å². The van der Waals surface area contributed by atoms with Crippen LogP contribution in [0.3, 0.4) is 0 Å². The van der Waals surface area contributed by atoms with Gasteiger partial charge in [-0.2, -0.15) is 0 Å². The monoisotopic (exact) mass is 409 g/mol. The first-order chi connectivity index (χ1) is 13.9. The molecule has 0 spiro atoms. The Bertz CT molecular complexity index is 938. The molecule has 0 bridgehead atoms. The molecule has 0 aliphatic heterocycles. The van der Waals surface area contributed by atoms with E-state index in [2.05, 4.69) is 58.6 Å². The molecular formula is C22H27N5OS. The van der Waals surface area contributed by atoms with Gasteiger partial charge in [-0.25, -0.2) is 0 Å². The second kappa shape index (κ2) is 9.69. The lowest BCUT2D eigenvalue weighted by atomic mass is 10.00. The second-order valence-corrected chi connectivity index (χ2v) is 8.46. The number of rotatable bonds is 8. The Labute approximate surface area is 176 Å². The number of carbonyl (C=O) groups excluding carboxylic acids is 1. The summed E-state index contributed by atoms with van der Waals surface area (Å²) in [5.74, 6) is 1.65. The molecule has 29 heavy (non-hydrogen) atoms. The fourth-order valence-corrected chi connectivity index (χ4v) is 3.83. The Morgan fingerprint density at radius 3 is 2.41 bits per heavy atom. The molecule has 2 heterocycles. The summed E-state index contributed by atoms with van der Waals surface area (Å²) in [4.78, 5) is 16.4. The Balaban J connectivity index is 1.54. The predicted octanol–water partition coefficient (Wildman–Crippen LogP) is 4.05. The minimum atomic E-state index is -0.0388. The maximum Gasteiger partial charge on any atom is 0.230 e. The molecular weight excluding hydrogens is 382 g/mol. The van der Waals surface area contributed by atoms with Crippen molar-refractivity contribution in [1.82, 2.24) is 25.1 Å². The normalized spacial score (nSPS) is 12.2. The van der Waals surface area contributed by atoms with Crippen molar-refractivity contribution in [3.8, 4) is 11.4 Å². The van der Waals surface area contributed by atoms with Crippen molar-refractivity contribution in [1.29, 1.82) is 0 Å². The summed E-state index contributed by atoms with van der Waals surface area (Å²) in [5.41, 5.74) is 3.38. The number of nitrogens with zero attached hydrogens (tertiary/aromatic N) is 4. The van der Waals surface area contributed by atoms with Crippen LogP contribution in [0.1, 0.15) is 37.9 Å². The van der Waals surface area contributed by atoms with Gasteiger partial charge in [0, 0.05) is 25.0 Å². The molecule has 2 aromatic heterocycles. The number of hydrogen-bond donors (Lipinski definition) is 1. The van der Waals surface area contributed by atoms with Crippen LogP contribution >= 0.6 is 11.8 Å². The molecule has 152 valence electrons. The van der Waals surface area contributed by atoms with Crippen molar-refractivity contribution in [2.24, 2.45) is 13.0 Å². The van der Waals surface area contributed by atoms with Crippen LogP contribution in [0, 0.1) is 5.92 Å². The van der Waals surface area contributed by atoms with Crippen molar-refractivity contribution in [2.45, 2.75) is 38.4 Å². The lowest BCUT2D eigenvalue weighted by molar-refractivity contribution is -0.119. The maximum atomic E-state index is 12.4. The number of hydrogen-bond acceptors (Lipinski definition) is 5. The standard InChI is InChI=1S/C22H27N5OS/c1-15(2)13-17-5-7-18(8-6-17)16(3)24-20(28)14-29-22-26-25-21(27(22)4)19-9-11-23-12-10-19/h5-12,15-16H,13-14H2,1-4H3,(H,24,28)/t16-/m0/s1. The Morgan fingerprint density at radius 1 is 1.07 bits per heavy atom. The lowest BCUT2D eigenvalue weighted by Crippen LogP contribution is -2.28. The predicted molar refractivity (Wildman–Crippen MR) is 116 cm³/mol. The van der Waals surface area contributed by atoms with E-state index in [4.69, 9.17) is 0 Å². The van der Waals surface area contributed by atoms with E-state index in [1.165, 1.54) is 17.3 Å². The topological polar surface area (TPSA) is 72.7 Å². The first-order valence-electron chi connectivity index (χ1n) is 9.75. The number of nitrogens with one attached hydrogen (secondary N) is 1. The quantitative estimate of drug-likeness (QED) is 0.568. The average molecular weight is 410 g/mol. The van der Waals surface area contributed by atoms with Crippen LogP contribution in [0.25, 0.3) is 11.4 Å². The SMILES string of the molecule is CC(C)Cc1ccc([C@H](C)NC(=O)CSc2nnc(-c3ccncc3)n2C)cc1. The van der Waals surface area contributed by atoms with Gasteiger partial charge in [0.2, 0.25) is 5.91 Å². The zero-order valence-electron chi connectivity index (χ0n) is 17.3. The third kappa shape index (κ3) is 5.67. The van der Waals surface area contributed by atoms with E-state index in [-0.39, 0.29) is 17.7 Å². The van der Waals surface area contributed by atoms with Crippen molar-refractivity contribution in [2.75, 3.05) is 5.75 Å². The summed E-state index contributed by atoms with van der Waals surface area (Å²) in [7, 11) is 1.90. The highest BCUT2D eigenvalue weighted by atomic mass is 32.2. The maximum absolute atomic E-state index is 12.4. The fourth-order valence-electron chi connectivity index (χ4n) is 3.10. The van der Waals surface area contributed by atoms with Gasteiger partial charge in [-0.15, -0.1) is 10.2 Å². The summed E-state index contributed by atoms with van der Waals surface area (Å²) in [5, 5.41) is 12.2. The molecule has 0 saturated carbocycles. The summed E-state index contributed by atoms with van der Waals surface area (Å²) >= 11 is 1.38. The first-order valence-corrected chi connectivity index (χ1v) is 10.7. The molecule has 7 heteroatoms. The van der Waals surface area contributed by atoms with Gasteiger partial charge in [0.15, 0.2) is 11.0 Å². The van der Waals surface area contributed by atoms with Crippen LogP contribution < -0.4 is 5.32 Å². The largest absolute Gasteiger partial charge is 0.349 e.